The Kier molecular flexibility index (Phi) is 27.0. The second kappa shape index (κ2) is 31.2. The SMILES string of the molecule is CCCCCCCCCCCSC(=O)CCCCCCCN(CCCCO)CCCCCCOC(=O)O[C@H]1CC[C@@]2(C)C(=CC[C@H]3[C@@H]4CC[C@H]([C@H](C)CCCC(C)C)[C@@]4(C)CC[C@@H]32)C1. The van der Waals surface area contributed by atoms with Crippen molar-refractivity contribution in [3.63, 3.8) is 0 Å². The molecule has 4 aliphatic carbocycles. The van der Waals surface area contributed by atoms with Crippen molar-refractivity contribution in [3.8, 4) is 0 Å². The summed E-state index contributed by atoms with van der Waals surface area (Å²) >= 11 is 1.57. The third kappa shape index (κ3) is 18.8. The molecule has 3 saturated carbocycles. The number of thioether (sulfide) groups is 1. The third-order valence-electron chi connectivity index (χ3n) is 17.4. The van der Waals surface area contributed by atoms with Crippen molar-refractivity contribution in [2.45, 2.75) is 253 Å². The molecule has 64 heavy (non-hydrogen) atoms. The zero-order chi connectivity index (χ0) is 46.0. The van der Waals surface area contributed by atoms with Gasteiger partial charge in [0.25, 0.3) is 0 Å². The Bertz CT molecular complexity index is 1300. The van der Waals surface area contributed by atoms with E-state index < -0.39 is 6.16 Å². The number of ether oxygens (including phenoxy) is 2. The second-order valence-corrected chi connectivity index (χ2v) is 23.8. The first kappa shape index (κ1) is 55.5. The molecule has 6 nitrogen and oxygen atoms in total. The number of hydrogen-bond acceptors (Lipinski definition) is 7. The number of fused-ring (bicyclic) bond motifs is 5. The molecule has 0 bridgehead atoms. The molecule has 0 aromatic rings. The van der Waals surface area contributed by atoms with Gasteiger partial charge in [-0.05, 0) is 156 Å². The third-order valence-corrected chi connectivity index (χ3v) is 18.4. The quantitative estimate of drug-likeness (QED) is 0.0386. The number of hydrogen-bond donors (Lipinski definition) is 1. The predicted molar refractivity (Wildman–Crippen MR) is 273 cm³/mol. The number of rotatable bonds is 35. The summed E-state index contributed by atoms with van der Waals surface area (Å²) in [7, 11) is 0. The average Bonchev–Trinajstić information content (AvgIpc) is 3.63. The molecule has 0 spiro atoms. The van der Waals surface area contributed by atoms with Crippen molar-refractivity contribution < 1.29 is 24.2 Å². The van der Waals surface area contributed by atoms with Gasteiger partial charge in [-0.15, -0.1) is 0 Å². The van der Waals surface area contributed by atoms with Crippen LogP contribution in [0.3, 0.4) is 0 Å². The lowest BCUT2D eigenvalue weighted by Gasteiger charge is -2.58. The summed E-state index contributed by atoms with van der Waals surface area (Å²) in [5.41, 5.74) is 2.35. The van der Waals surface area contributed by atoms with Crippen LogP contribution in [0.25, 0.3) is 0 Å². The summed E-state index contributed by atoms with van der Waals surface area (Å²) in [5, 5.41) is 9.74. The van der Waals surface area contributed by atoms with Crippen LogP contribution >= 0.6 is 11.8 Å². The van der Waals surface area contributed by atoms with E-state index in [0.717, 1.165) is 138 Å². The highest BCUT2D eigenvalue weighted by molar-refractivity contribution is 8.13. The molecule has 0 heterocycles. The number of allylic oxidation sites excluding steroid dienone is 1. The van der Waals surface area contributed by atoms with Crippen LogP contribution in [0.2, 0.25) is 0 Å². The van der Waals surface area contributed by atoms with Crippen molar-refractivity contribution in [1.82, 2.24) is 4.90 Å². The van der Waals surface area contributed by atoms with Gasteiger partial charge < -0.3 is 19.5 Å². The lowest BCUT2D eigenvalue weighted by Crippen LogP contribution is -2.51. The van der Waals surface area contributed by atoms with Crippen LogP contribution in [0.15, 0.2) is 11.6 Å². The molecule has 372 valence electrons. The molecule has 0 aromatic carbocycles. The molecule has 0 unspecified atom stereocenters. The molecule has 0 saturated heterocycles. The van der Waals surface area contributed by atoms with Crippen LogP contribution in [-0.2, 0) is 14.3 Å². The Morgan fingerprint density at radius 1 is 0.734 bits per heavy atom. The fraction of sp³-hybridized carbons (Fsp3) is 0.930. The van der Waals surface area contributed by atoms with Crippen molar-refractivity contribution in [2.75, 3.05) is 38.6 Å². The number of aliphatic hydroxyl groups is 1. The van der Waals surface area contributed by atoms with Crippen molar-refractivity contribution in [3.05, 3.63) is 11.6 Å². The fourth-order valence-corrected chi connectivity index (χ4v) is 14.3. The largest absolute Gasteiger partial charge is 0.508 e. The van der Waals surface area contributed by atoms with Gasteiger partial charge in [0.1, 0.15) is 6.10 Å². The van der Waals surface area contributed by atoms with E-state index in [1.807, 2.05) is 0 Å². The van der Waals surface area contributed by atoms with Gasteiger partial charge in [0.15, 0.2) is 5.12 Å². The summed E-state index contributed by atoms with van der Waals surface area (Å²) in [6.45, 7) is 18.8. The van der Waals surface area contributed by atoms with E-state index in [1.165, 1.54) is 128 Å². The fourth-order valence-electron chi connectivity index (χ4n) is 13.5. The first-order valence-electron chi connectivity index (χ1n) is 28.0. The first-order chi connectivity index (χ1) is 31.0. The monoisotopic (exact) mass is 914 g/mol. The standard InChI is InChI=1S/C57H103NO5S/c1-7-8-9-10-11-12-13-19-26-44-64-54(60)30-20-15-14-16-21-39-58(41-23-24-42-59)40-22-17-18-25-43-62-55(61)63-49-35-37-56(5)48(45-49)31-32-50-52-34-33-51(47(4)29-27-28-46(2)3)57(52,6)38-36-53(50)56/h31,46-47,49-53,59H,7-30,32-45H2,1-6H3/t47-,49+,50+,51-,52+,53+,56+,57-/m1/s1. The lowest BCUT2D eigenvalue weighted by molar-refractivity contribution is -0.111. The Morgan fingerprint density at radius 2 is 1.38 bits per heavy atom. The molecule has 4 aliphatic rings. The van der Waals surface area contributed by atoms with Gasteiger partial charge in [0.05, 0.1) is 6.61 Å². The van der Waals surface area contributed by atoms with Crippen LogP contribution < -0.4 is 0 Å². The predicted octanol–water partition coefficient (Wildman–Crippen LogP) is 16.3. The minimum Gasteiger partial charge on any atom is -0.434 e. The molecule has 7 heteroatoms. The Hall–Kier alpha value is -1.05. The Labute approximate surface area is 400 Å². The maximum Gasteiger partial charge on any atom is 0.508 e. The zero-order valence-electron chi connectivity index (χ0n) is 42.9. The normalized spacial score (nSPS) is 27.0. The molecule has 8 atom stereocenters. The van der Waals surface area contributed by atoms with E-state index in [9.17, 15) is 14.7 Å². The molecule has 3 fully saturated rings. The molecule has 1 N–H and O–H groups in total. The summed E-state index contributed by atoms with van der Waals surface area (Å²) in [6.07, 6.45) is 40.8. The summed E-state index contributed by atoms with van der Waals surface area (Å²) in [6, 6.07) is 0. The van der Waals surface area contributed by atoms with E-state index in [2.05, 4.69) is 52.5 Å². The maximum atomic E-state index is 12.8. The van der Waals surface area contributed by atoms with Crippen LogP contribution in [-0.4, -0.2) is 66.0 Å². The van der Waals surface area contributed by atoms with Gasteiger partial charge in [0, 0.05) is 25.2 Å². The zero-order valence-corrected chi connectivity index (χ0v) is 43.7. The number of aliphatic hydroxyl groups excluding tert-OH is 1. The van der Waals surface area contributed by atoms with Crippen LogP contribution in [0, 0.1) is 46.3 Å². The average molecular weight is 915 g/mol. The number of nitrogens with zero attached hydrogens (tertiary/aromatic N) is 1. The highest BCUT2D eigenvalue weighted by Gasteiger charge is 2.59. The Morgan fingerprint density at radius 3 is 2.06 bits per heavy atom. The highest BCUT2D eigenvalue weighted by Crippen LogP contribution is 2.67. The van der Waals surface area contributed by atoms with Crippen LogP contribution in [0.1, 0.15) is 247 Å². The van der Waals surface area contributed by atoms with Crippen molar-refractivity contribution in [2.24, 2.45) is 46.3 Å². The van der Waals surface area contributed by atoms with E-state index >= 15 is 0 Å². The van der Waals surface area contributed by atoms with Crippen molar-refractivity contribution >= 4 is 23.0 Å². The number of unbranched alkanes of at least 4 members (excludes halogenated alkanes) is 16. The topological polar surface area (TPSA) is 76.1 Å². The van der Waals surface area contributed by atoms with Gasteiger partial charge in [0.2, 0.25) is 0 Å². The Balaban J connectivity index is 1.02. The molecule has 0 radical (unpaired) electrons. The van der Waals surface area contributed by atoms with Gasteiger partial charge in [-0.25, -0.2) is 4.79 Å². The molecular formula is C57H103NO5S. The smallest absolute Gasteiger partial charge is 0.434 e. The first-order valence-corrected chi connectivity index (χ1v) is 29.0. The molecular weight excluding hydrogens is 811 g/mol. The number of carbonyl (C=O) groups excluding carboxylic acids is 2. The summed E-state index contributed by atoms with van der Waals surface area (Å²) < 4.78 is 11.6. The maximum absolute atomic E-state index is 12.8. The van der Waals surface area contributed by atoms with Gasteiger partial charge in [-0.1, -0.05) is 168 Å². The molecule has 4 rings (SSSR count). The van der Waals surface area contributed by atoms with Crippen LogP contribution in [0.4, 0.5) is 4.79 Å². The minimum absolute atomic E-state index is 0.0519. The minimum atomic E-state index is -0.472. The van der Waals surface area contributed by atoms with E-state index in [1.54, 1.807) is 17.3 Å². The van der Waals surface area contributed by atoms with Crippen molar-refractivity contribution in [1.29, 1.82) is 0 Å². The van der Waals surface area contributed by atoms with Gasteiger partial charge >= 0.3 is 6.16 Å². The highest BCUT2D eigenvalue weighted by atomic mass is 32.2. The van der Waals surface area contributed by atoms with E-state index in [4.69, 9.17) is 9.47 Å². The second-order valence-electron chi connectivity index (χ2n) is 22.6. The molecule has 0 aliphatic heterocycles. The number of carbonyl (C=O) groups is 2. The van der Waals surface area contributed by atoms with Gasteiger partial charge in [-0.3, -0.25) is 4.79 Å². The summed E-state index contributed by atoms with van der Waals surface area (Å²) in [5.74, 6) is 6.04. The molecule has 0 aromatic heterocycles. The van der Waals surface area contributed by atoms with E-state index in [-0.39, 0.29) is 18.1 Å². The van der Waals surface area contributed by atoms with E-state index in [0.29, 0.717) is 17.1 Å². The molecule has 0 amide bonds. The van der Waals surface area contributed by atoms with Crippen LogP contribution in [0.5, 0.6) is 0 Å². The lowest BCUT2D eigenvalue weighted by atomic mass is 9.47. The summed E-state index contributed by atoms with van der Waals surface area (Å²) in [4.78, 5) is 27.8. The van der Waals surface area contributed by atoms with Gasteiger partial charge in [-0.2, -0.15) is 0 Å².